The topological polar surface area (TPSA) is 37.4 Å². The number of benzene rings is 2. The normalized spacial score (nSPS) is 14.1. The predicted octanol–water partition coefficient (Wildman–Crippen LogP) is 3.11. The molecule has 0 N–H and O–H groups in total. The van der Waals surface area contributed by atoms with E-state index in [9.17, 15) is 9.59 Å². The summed E-state index contributed by atoms with van der Waals surface area (Å²) in [5.74, 6) is -0.376. The minimum absolute atomic E-state index is 0.128. The van der Waals surface area contributed by atoms with Gasteiger partial charge in [0.25, 0.3) is 5.91 Å². The molecule has 1 aliphatic heterocycles. The van der Waals surface area contributed by atoms with Crippen molar-refractivity contribution in [3.8, 4) is 0 Å². The summed E-state index contributed by atoms with van der Waals surface area (Å²) in [4.78, 5) is 26.1. The number of rotatable bonds is 1. The van der Waals surface area contributed by atoms with Crippen LogP contribution in [-0.2, 0) is 11.2 Å². The monoisotopic (exact) mass is 265 g/mol. The van der Waals surface area contributed by atoms with E-state index in [2.05, 4.69) is 0 Å². The second-order valence-electron chi connectivity index (χ2n) is 5.03. The maximum absolute atomic E-state index is 12.6. The van der Waals surface area contributed by atoms with Gasteiger partial charge >= 0.3 is 0 Å². The van der Waals surface area contributed by atoms with Crippen molar-refractivity contribution in [3.63, 3.8) is 0 Å². The van der Waals surface area contributed by atoms with Crippen molar-refractivity contribution in [2.45, 2.75) is 19.8 Å². The van der Waals surface area contributed by atoms with Crippen LogP contribution in [-0.4, -0.2) is 11.8 Å². The van der Waals surface area contributed by atoms with Gasteiger partial charge in [-0.2, -0.15) is 0 Å². The van der Waals surface area contributed by atoms with Gasteiger partial charge < -0.3 is 0 Å². The number of carbonyl (C=O) groups is 2. The molecule has 0 aliphatic carbocycles. The smallest absolute Gasteiger partial charge is 0.265 e. The summed E-state index contributed by atoms with van der Waals surface area (Å²) in [6.45, 7) is 1.96. The Labute approximate surface area is 117 Å². The van der Waals surface area contributed by atoms with Gasteiger partial charge in [0.2, 0.25) is 5.91 Å². The number of fused-ring (bicyclic) bond motifs is 1. The van der Waals surface area contributed by atoms with Gasteiger partial charge in [-0.1, -0.05) is 30.3 Å². The van der Waals surface area contributed by atoms with Crippen molar-refractivity contribution in [3.05, 3.63) is 65.2 Å². The summed E-state index contributed by atoms with van der Waals surface area (Å²) in [5, 5.41) is 0. The fourth-order valence-electron chi connectivity index (χ4n) is 2.51. The average molecular weight is 265 g/mol. The van der Waals surface area contributed by atoms with Gasteiger partial charge in [-0.05, 0) is 42.7 Å². The second-order valence-corrected chi connectivity index (χ2v) is 5.03. The van der Waals surface area contributed by atoms with Crippen molar-refractivity contribution >= 4 is 17.5 Å². The first-order valence-corrected chi connectivity index (χ1v) is 6.68. The Kier molecular flexibility index (Phi) is 3.11. The van der Waals surface area contributed by atoms with E-state index in [0.717, 1.165) is 16.8 Å². The molecule has 0 atom stereocenters. The molecular weight excluding hydrogens is 250 g/mol. The third kappa shape index (κ3) is 2.11. The molecule has 100 valence electrons. The Hall–Kier alpha value is -2.42. The number of nitrogens with zero attached hydrogens (tertiary/aromatic N) is 1. The minimum atomic E-state index is -0.248. The van der Waals surface area contributed by atoms with E-state index in [1.54, 1.807) is 24.3 Å². The first kappa shape index (κ1) is 12.6. The number of imide groups is 1. The van der Waals surface area contributed by atoms with Gasteiger partial charge in [-0.3, -0.25) is 9.59 Å². The molecule has 20 heavy (non-hydrogen) atoms. The van der Waals surface area contributed by atoms with Crippen LogP contribution in [0.1, 0.15) is 27.9 Å². The molecule has 0 saturated carbocycles. The van der Waals surface area contributed by atoms with E-state index in [0.29, 0.717) is 18.4 Å². The van der Waals surface area contributed by atoms with E-state index in [4.69, 9.17) is 0 Å². The Balaban J connectivity index is 2.07. The van der Waals surface area contributed by atoms with Gasteiger partial charge in [0.1, 0.15) is 0 Å². The summed E-state index contributed by atoms with van der Waals surface area (Å²) in [5.41, 5.74) is 3.37. The van der Waals surface area contributed by atoms with E-state index >= 15 is 0 Å². The molecule has 0 aromatic heterocycles. The van der Waals surface area contributed by atoms with Crippen LogP contribution in [0.4, 0.5) is 5.69 Å². The molecule has 1 heterocycles. The second kappa shape index (κ2) is 4.93. The largest absolute Gasteiger partial charge is 0.274 e. The molecule has 0 saturated heterocycles. The molecule has 0 fully saturated rings. The predicted molar refractivity (Wildman–Crippen MR) is 77.8 cm³/mol. The van der Waals surface area contributed by atoms with Crippen LogP contribution in [0.25, 0.3) is 0 Å². The van der Waals surface area contributed by atoms with Crippen LogP contribution < -0.4 is 4.90 Å². The molecule has 2 aromatic carbocycles. The Bertz CT molecular complexity index is 677. The fraction of sp³-hybridized carbons (Fsp3) is 0.176. The molecule has 2 amide bonds. The summed E-state index contributed by atoms with van der Waals surface area (Å²) < 4.78 is 0. The van der Waals surface area contributed by atoms with Crippen molar-refractivity contribution in [2.75, 3.05) is 4.90 Å². The lowest BCUT2D eigenvalue weighted by molar-refractivity contribution is -0.118. The number of aryl methyl sites for hydroxylation is 2. The van der Waals surface area contributed by atoms with Crippen LogP contribution in [0.2, 0.25) is 0 Å². The molecular formula is C17H15NO2. The zero-order chi connectivity index (χ0) is 14.1. The van der Waals surface area contributed by atoms with Gasteiger partial charge in [-0.15, -0.1) is 0 Å². The maximum atomic E-state index is 12.6. The van der Waals surface area contributed by atoms with E-state index in [1.807, 2.05) is 31.2 Å². The highest BCUT2D eigenvalue weighted by Crippen LogP contribution is 2.30. The third-order valence-corrected chi connectivity index (χ3v) is 3.56. The zero-order valence-corrected chi connectivity index (χ0v) is 11.3. The molecule has 3 heteroatoms. The standard InChI is InChI=1S/C17H15NO2/c1-12-7-8-13-9-10-16(19)18(15(13)11-12)17(20)14-5-3-2-4-6-14/h2-8,11H,9-10H2,1H3. The fourth-order valence-corrected chi connectivity index (χ4v) is 2.51. The lowest BCUT2D eigenvalue weighted by Gasteiger charge is -2.28. The lowest BCUT2D eigenvalue weighted by atomic mass is 9.98. The SMILES string of the molecule is Cc1ccc2c(c1)N(C(=O)c1ccccc1)C(=O)CC2. The molecule has 3 nitrogen and oxygen atoms in total. The highest BCUT2D eigenvalue weighted by molar-refractivity contribution is 6.22. The minimum Gasteiger partial charge on any atom is -0.274 e. The average Bonchev–Trinajstić information content (AvgIpc) is 2.47. The van der Waals surface area contributed by atoms with Crippen molar-refractivity contribution in [1.29, 1.82) is 0 Å². The Morgan fingerprint density at radius 2 is 1.80 bits per heavy atom. The van der Waals surface area contributed by atoms with Crippen LogP contribution >= 0.6 is 0 Å². The van der Waals surface area contributed by atoms with Gasteiger partial charge in [0.15, 0.2) is 0 Å². The number of hydrogen-bond donors (Lipinski definition) is 0. The first-order valence-electron chi connectivity index (χ1n) is 6.68. The van der Waals surface area contributed by atoms with Crippen LogP contribution in [0.5, 0.6) is 0 Å². The number of amides is 2. The van der Waals surface area contributed by atoms with Gasteiger partial charge in [0, 0.05) is 12.0 Å². The Morgan fingerprint density at radius 3 is 2.55 bits per heavy atom. The zero-order valence-electron chi connectivity index (χ0n) is 11.3. The number of anilines is 1. The summed E-state index contributed by atoms with van der Waals surface area (Å²) >= 11 is 0. The summed E-state index contributed by atoms with van der Waals surface area (Å²) in [6.07, 6.45) is 1.08. The quantitative estimate of drug-likeness (QED) is 0.743. The summed E-state index contributed by atoms with van der Waals surface area (Å²) in [7, 11) is 0. The van der Waals surface area contributed by atoms with Crippen LogP contribution in [0.15, 0.2) is 48.5 Å². The summed E-state index contributed by atoms with van der Waals surface area (Å²) in [6, 6.07) is 14.9. The van der Waals surface area contributed by atoms with Crippen molar-refractivity contribution in [1.82, 2.24) is 0 Å². The molecule has 0 bridgehead atoms. The van der Waals surface area contributed by atoms with E-state index < -0.39 is 0 Å². The lowest BCUT2D eigenvalue weighted by Crippen LogP contribution is -2.40. The van der Waals surface area contributed by atoms with Gasteiger partial charge in [-0.25, -0.2) is 4.90 Å². The first-order chi connectivity index (χ1) is 9.66. The number of carbonyl (C=O) groups excluding carboxylic acids is 2. The van der Waals surface area contributed by atoms with Crippen LogP contribution in [0, 0.1) is 6.92 Å². The molecule has 0 spiro atoms. The van der Waals surface area contributed by atoms with Gasteiger partial charge in [0.05, 0.1) is 5.69 Å². The Morgan fingerprint density at radius 1 is 1.05 bits per heavy atom. The maximum Gasteiger partial charge on any atom is 0.265 e. The molecule has 3 rings (SSSR count). The van der Waals surface area contributed by atoms with E-state index in [1.165, 1.54) is 4.90 Å². The highest BCUT2D eigenvalue weighted by atomic mass is 16.2. The molecule has 0 unspecified atom stereocenters. The van der Waals surface area contributed by atoms with Crippen molar-refractivity contribution < 1.29 is 9.59 Å². The van der Waals surface area contributed by atoms with Crippen molar-refractivity contribution in [2.24, 2.45) is 0 Å². The highest BCUT2D eigenvalue weighted by Gasteiger charge is 2.30. The number of hydrogen-bond acceptors (Lipinski definition) is 2. The molecule has 1 aliphatic rings. The molecule has 0 radical (unpaired) electrons. The molecule has 2 aromatic rings. The third-order valence-electron chi connectivity index (χ3n) is 3.56. The van der Waals surface area contributed by atoms with E-state index in [-0.39, 0.29) is 11.8 Å². The van der Waals surface area contributed by atoms with Crippen LogP contribution in [0.3, 0.4) is 0 Å².